The Hall–Kier alpha value is -0.345. The van der Waals surface area contributed by atoms with Crippen LogP contribution in [0.4, 0.5) is 0 Å². The van der Waals surface area contributed by atoms with E-state index in [2.05, 4.69) is 89.2 Å². The van der Waals surface area contributed by atoms with Gasteiger partial charge in [0.25, 0.3) is 0 Å². The molecule has 0 N–H and O–H groups in total. The van der Waals surface area contributed by atoms with Gasteiger partial charge < -0.3 is 27.9 Å². The minimum Gasteiger partial charge on any atom is -0.399 e. The lowest BCUT2D eigenvalue weighted by atomic mass is 9.69. The molecule has 0 spiro atoms. The standard InChI is InChI=1S/C22H37B3O6S/c1-17(2)18(3,4)27-23(26-17)14-13-15(24-28-19(5,6)20(7,8)29-24)32-16(14)25-30-21(9,10)22(11,12)31-25/h13H,1-12H3. The average molecular weight is 462 g/mol. The van der Waals surface area contributed by atoms with E-state index in [4.69, 9.17) is 27.9 Å². The van der Waals surface area contributed by atoms with E-state index < -0.39 is 55.0 Å². The molecule has 0 atom stereocenters. The number of hydrogen-bond acceptors (Lipinski definition) is 7. The summed E-state index contributed by atoms with van der Waals surface area (Å²) in [5, 5.41) is 0. The lowest BCUT2D eigenvalue weighted by Gasteiger charge is -2.32. The molecule has 6 nitrogen and oxygen atoms in total. The SMILES string of the molecule is CC1(C)OB(c2cc(B3OC(C)(C)C(C)(C)O3)c(B3OC(C)(C)C(C)(C)O3)s2)OC1(C)C. The Morgan fingerprint density at radius 3 is 1.19 bits per heavy atom. The van der Waals surface area contributed by atoms with Gasteiger partial charge in [-0.15, -0.1) is 0 Å². The highest BCUT2D eigenvalue weighted by atomic mass is 32.1. The Bertz CT molecular complexity index is 806. The first-order valence-corrected chi connectivity index (χ1v) is 12.3. The number of hydrogen-bond donors (Lipinski definition) is 0. The van der Waals surface area contributed by atoms with Crippen molar-refractivity contribution < 1.29 is 27.9 Å². The third kappa shape index (κ3) is 3.74. The van der Waals surface area contributed by atoms with Crippen molar-refractivity contribution in [3.05, 3.63) is 6.07 Å². The van der Waals surface area contributed by atoms with Crippen LogP contribution in [0.25, 0.3) is 0 Å². The molecule has 0 aromatic carbocycles. The quantitative estimate of drug-likeness (QED) is 0.645. The predicted octanol–water partition coefficient (Wildman–Crippen LogP) is 2.65. The van der Waals surface area contributed by atoms with Crippen LogP contribution in [0, 0.1) is 0 Å². The molecule has 1 aromatic heterocycles. The molecule has 0 amide bonds. The first-order valence-electron chi connectivity index (χ1n) is 11.5. The summed E-state index contributed by atoms with van der Waals surface area (Å²) < 4.78 is 40.2. The topological polar surface area (TPSA) is 55.4 Å². The number of thiophene rings is 1. The molecule has 10 heteroatoms. The third-order valence-electron chi connectivity index (χ3n) is 8.27. The van der Waals surface area contributed by atoms with Crippen molar-refractivity contribution in [2.75, 3.05) is 0 Å². The maximum absolute atomic E-state index is 6.41. The highest BCUT2D eigenvalue weighted by Crippen LogP contribution is 2.40. The van der Waals surface area contributed by atoms with E-state index in [1.54, 1.807) is 11.3 Å². The van der Waals surface area contributed by atoms with E-state index in [0.29, 0.717) is 0 Å². The molecule has 4 heterocycles. The summed E-state index contributed by atoms with van der Waals surface area (Å²) in [6.07, 6.45) is 0. The molecule has 3 saturated heterocycles. The van der Waals surface area contributed by atoms with Crippen molar-refractivity contribution in [1.82, 2.24) is 0 Å². The molecule has 32 heavy (non-hydrogen) atoms. The van der Waals surface area contributed by atoms with Gasteiger partial charge in [-0.05, 0) is 88.5 Å². The molecule has 0 bridgehead atoms. The molecule has 1 aromatic rings. The van der Waals surface area contributed by atoms with Crippen LogP contribution in [-0.2, 0) is 27.9 Å². The second-order valence-electron chi connectivity index (χ2n) is 12.2. The summed E-state index contributed by atoms with van der Waals surface area (Å²) in [6.45, 7) is 24.7. The van der Waals surface area contributed by atoms with E-state index in [-0.39, 0.29) is 0 Å². The molecule has 3 aliphatic heterocycles. The fraction of sp³-hybridized carbons (Fsp3) is 0.818. The monoisotopic (exact) mass is 462 g/mol. The summed E-state index contributed by atoms with van der Waals surface area (Å²) in [4.78, 5) is 0. The molecule has 0 aliphatic carbocycles. The highest BCUT2D eigenvalue weighted by molar-refractivity contribution is 7.31. The normalized spacial score (nSPS) is 29.2. The van der Waals surface area contributed by atoms with Crippen LogP contribution in [0.3, 0.4) is 0 Å². The summed E-state index contributed by atoms with van der Waals surface area (Å²) in [6, 6.07) is 2.08. The van der Waals surface area contributed by atoms with Crippen LogP contribution in [0.15, 0.2) is 6.07 Å². The summed E-state index contributed by atoms with van der Waals surface area (Å²) in [5.74, 6) is 0. The van der Waals surface area contributed by atoms with Crippen molar-refractivity contribution in [3.63, 3.8) is 0 Å². The largest absolute Gasteiger partial charge is 0.505 e. The molecule has 3 aliphatic rings. The fourth-order valence-electron chi connectivity index (χ4n) is 3.80. The highest BCUT2D eigenvalue weighted by Gasteiger charge is 2.58. The van der Waals surface area contributed by atoms with Gasteiger partial charge in [-0.1, -0.05) is 6.07 Å². The van der Waals surface area contributed by atoms with Gasteiger partial charge in [0.15, 0.2) is 0 Å². The maximum atomic E-state index is 6.41. The zero-order valence-electron chi connectivity index (χ0n) is 21.7. The Labute approximate surface area is 198 Å². The third-order valence-corrected chi connectivity index (χ3v) is 9.46. The van der Waals surface area contributed by atoms with E-state index in [1.807, 2.05) is 0 Å². The molecule has 3 fully saturated rings. The summed E-state index contributed by atoms with van der Waals surface area (Å²) in [5.41, 5.74) is -1.71. The second-order valence-corrected chi connectivity index (χ2v) is 13.3. The van der Waals surface area contributed by atoms with Crippen molar-refractivity contribution >= 4 is 47.7 Å². The minimum absolute atomic E-state index is 0.420. The van der Waals surface area contributed by atoms with Crippen molar-refractivity contribution in [2.24, 2.45) is 0 Å². The molecule has 0 unspecified atom stereocenters. The van der Waals surface area contributed by atoms with E-state index >= 15 is 0 Å². The first kappa shape index (κ1) is 24.8. The predicted molar refractivity (Wildman–Crippen MR) is 131 cm³/mol. The van der Waals surface area contributed by atoms with Crippen LogP contribution in [0.2, 0.25) is 0 Å². The van der Waals surface area contributed by atoms with Gasteiger partial charge in [-0.3, -0.25) is 0 Å². The zero-order valence-corrected chi connectivity index (χ0v) is 22.5. The number of rotatable bonds is 3. The van der Waals surface area contributed by atoms with E-state index in [1.165, 1.54) is 0 Å². The zero-order chi connectivity index (χ0) is 24.1. The fourth-order valence-corrected chi connectivity index (χ4v) is 4.90. The summed E-state index contributed by atoms with van der Waals surface area (Å²) >= 11 is 1.58. The molecule has 4 rings (SSSR count). The van der Waals surface area contributed by atoms with Crippen LogP contribution >= 0.6 is 11.3 Å². The van der Waals surface area contributed by atoms with Gasteiger partial charge in [0.1, 0.15) is 0 Å². The van der Waals surface area contributed by atoms with Gasteiger partial charge in [0.2, 0.25) is 0 Å². The van der Waals surface area contributed by atoms with Crippen molar-refractivity contribution in [1.29, 1.82) is 0 Å². The molecular weight excluding hydrogens is 425 g/mol. The molecule has 0 radical (unpaired) electrons. The minimum atomic E-state index is -0.526. The van der Waals surface area contributed by atoms with Crippen LogP contribution in [0.1, 0.15) is 83.1 Å². The lowest BCUT2D eigenvalue weighted by molar-refractivity contribution is 0.00578. The smallest absolute Gasteiger partial charge is 0.399 e. The average Bonchev–Trinajstić information content (AvgIpc) is 3.22. The van der Waals surface area contributed by atoms with E-state index in [9.17, 15) is 0 Å². The molecule has 176 valence electrons. The van der Waals surface area contributed by atoms with Gasteiger partial charge >= 0.3 is 21.4 Å². The van der Waals surface area contributed by atoms with Crippen LogP contribution in [-0.4, -0.2) is 55.0 Å². The molecular formula is C22H37B3O6S. The molecule has 0 saturated carbocycles. The van der Waals surface area contributed by atoms with Crippen molar-refractivity contribution in [2.45, 2.75) is 117 Å². The van der Waals surface area contributed by atoms with Gasteiger partial charge in [0.05, 0.1) is 33.6 Å². The Morgan fingerprint density at radius 1 is 0.500 bits per heavy atom. The second kappa shape index (κ2) is 7.09. The van der Waals surface area contributed by atoms with Gasteiger partial charge in [-0.25, -0.2) is 0 Å². The Balaban J connectivity index is 1.74. The first-order chi connectivity index (χ1) is 14.3. The van der Waals surface area contributed by atoms with Gasteiger partial charge in [0, 0.05) is 9.55 Å². The maximum Gasteiger partial charge on any atom is 0.505 e. The lowest BCUT2D eigenvalue weighted by Crippen LogP contribution is -2.49. The van der Waals surface area contributed by atoms with Crippen LogP contribution in [0.5, 0.6) is 0 Å². The Morgan fingerprint density at radius 2 is 0.812 bits per heavy atom. The van der Waals surface area contributed by atoms with Crippen molar-refractivity contribution in [3.8, 4) is 0 Å². The Kier molecular flexibility index (Phi) is 5.49. The van der Waals surface area contributed by atoms with E-state index in [0.717, 1.165) is 15.0 Å². The van der Waals surface area contributed by atoms with Crippen LogP contribution < -0.4 is 15.0 Å². The summed E-state index contributed by atoms with van der Waals surface area (Å²) in [7, 11) is -1.51. The van der Waals surface area contributed by atoms with Gasteiger partial charge in [-0.2, -0.15) is 11.3 Å².